The highest BCUT2D eigenvalue weighted by Gasteiger charge is 2.59. The van der Waals surface area contributed by atoms with Crippen LogP contribution in [-0.2, 0) is 26.7 Å². The van der Waals surface area contributed by atoms with E-state index in [-0.39, 0.29) is 24.1 Å². The van der Waals surface area contributed by atoms with Gasteiger partial charge in [0.15, 0.2) is 5.82 Å². The van der Waals surface area contributed by atoms with Crippen LogP contribution in [0.1, 0.15) is 30.6 Å². The molecule has 4 rings (SSSR count). The molecule has 0 spiro atoms. The van der Waals surface area contributed by atoms with Gasteiger partial charge in [0.05, 0.1) is 18.3 Å². The van der Waals surface area contributed by atoms with Crippen LogP contribution in [-0.4, -0.2) is 72.7 Å². The summed E-state index contributed by atoms with van der Waals surface area (Å²) in [6.45, 7) is 4.87. The lowest BCUT2D eigenvalue weighted by atomic mass is 9.81. The topological polar surface area (TPSA) is 106 Å². The summed E-state index contributed by atoms with van der Waals surface area (Å²) >= 11 is 0. The summed E-state index contributed by atoms with van der Waals surface area (Å²) in [4.78, 5) is 19.2. The van der Waals surface area contributed by atoms with E-state index in [0.717, 1.165) is 11.3 Å². The van der Waals surface area contributed by atoms with Crippen LogP contribution in [0.4, 0.5) is 0 Å². The molecule has 0 aliphatic carbocycles. The van der Waals surface area contributed by atoms with Gasteiger partial charge in [-0.3, -0.25) is 4.79 Å². The summed E-state index contributed by atoms with van der Waals surface area (Å²) in [6.07, 6.45) is 1.02. The van der Waals surface area contributed by atoms with Crippen molar-refractivity contribution in [2.24, 2.45) is 5.92 Å². The van der Waals surface area contributed by atoms with Crippen LogP contribution >= 0.6 is 0 Å². The van der Waals surface area contributed by atoms with Crippen LogP contribution in [0.25, 0.3) is 0 Å². The lowest BCUT2D eigenvalue weighted by Crippen LogP contribution is -2.41. The third-order valence-electron chi connectivity index (χ3n) is 6.43. The van der Waals surface area contributed by atoms with Crippen molar-refractivity contribution in [2.45, 2.75) is 32.1 Å². The zero-order valence-electron chi connectivity index (χ0n) is 18.1. The molecule has 1 aromatic carbocycles. The molecule has 0 radical (unpaired) electrons. The van der Waals surface area contributed by atoms with Gasteiger partial charge < -0.3 is 14.2 Å². The van der Waals surface area contributed by atoms with Crippen molar-refractivity contribution in [1.29, 1.82) is 0 Å². The van der Waals surface area contributed by atoms with Crippen LogP contribution in [0, 0.1) is 12.8 Å². The first-order valence-corrected chi connectivity index (χ1v) is 12.1. The average molecular weight is 449 g/mol. The number of benzene rings is 1. The molecule has 2 fully saturated rings. The molecule has 9 nitrogen and oxygen atoms in total. The highest BCUT2D eigenvalue weighted by molar-refractivity contribution is 7.89. The predicted octanol–water partition coefficient (Wildman–Crippen LogP) is 1.38. The maximum atomic E-state index is 13.0. The van der Waals surface area contributed by atoms with Gasteiger partial charge in [-0.25, -0.2) is 12.7 Å². The fourth-order valence-electron chi connectivity index (χ4n) is 4.61. The predicted molar refractivity (Wildman–Crippen MR) is 113 cm³/mol. The number of hydrogen-bond acceptors (Lipinski definition) is 7. The summed E-state index contributed by atoms with van der Waals surface area (Å²) < 4.78 is 37.2. The number of methoxy groups -OCH3 is 1. The van der Waals surface area contributed by atoms with E-state index >= 15 is 0 Å². The maximum absolute atomic E-state index is 13.0. The Morgan fingerprint density at radius 3 is 2.61 bits per heavy atom. The Morgan fingerprint density at radius 2 is 2.00 bits per heavy atom. The van der Waals surface area contributed by atoms with Gasteiger partial charge in [0.2, 0.25) is 21.8 Å². The van der Waals surface area contributed by atoms with Gasteiger partial charge in [-0.05, 0) is 38.0 Å². The zero-order chi connectivity index (χ0) is 22.2. The lowest BCUT2D eigenvalue weighted by molar-refractivity contribution is -0.130. The number of sulfonamides is 1. The molecule has 168 valence electrons. The zero-order valence-corrected chi connectivity index (χ0v) is 18.9. The van der Waals surface area contributed by atoms with Crippen molar-refractivity contribution in [1.82, 2.24) is 19.3 Å². The van der Waals surface area contributed by atoms with E-state index in [1.54, 1.807) is 21.0 Å². The SMILES string of the molecule is CCS(=O)(=O)N1C[C@@H]2CN(C(=O)CCc3ccc(OC)cc3)C[C@]2(c2nc(C)no2)C1. The molecular weight excluding hydrogens is 420 g/mol. The summed E-state index contributed by atoms with van der Waals surface area (Å²) in [6, 6.07) is 7.69. The number of fused-ring (bicyclic) bond motifs is 1. The molecule has 2 atom stereocenters. The number of aromatic nitrogens is 2. The molecule has 1 amide bonds. The van der Waals surface area contributed by atoms with Crippen LogP contribution in [0.3, 0.4) is 0 Å². The van der Waals surface area contributed by atoms with Gasteiger partial charge in [-0.2, -0.15) is 4.98 Å². The smallest absolute Gasteiger partial charge is 0.236 e. The molecule has 2 saturated heterocycles. The summed E-state index contributed by atoms with van der Waals surface area (Å²) in [5, 5.41) is 3.92. The maximum Gasteiger partial charge on any atom is 0.236 e. The van der Waals surface area contributed by atoms with Crippen molar-refractivity contribution in [3.05, 3.63) is 41.5 Å². The van der Waals surface area contributed by atoms with Crippen LogP contribution < -0.4 is 4.74 Å². The summed E-state index contributed by atoms with van der Waals surface area (Å²) in [5.74, 6) is 1.73. The minimum absolute atomic E-state index is 0.0448. The summed E-state index contributed by atoms with van der Waals surface area (Å²) in [7, 11) is -1.72. The fraction of sp³-hybridized carbons (Fsp3) is 0.571. The molecule has 3 heterocycles. The van der Waals surface area contributed by atoms with E-state index in [9.17, 15) is 13.2 Å². The number of aryl methyl sites for hydroxylation is 2. The number of carbonyl (C=O) groups excluding carboxylic acids is 1. The molecule has 2 aliphatic heterocycles. The molecule has 31 heavy (non-hydrogen) atoms. The average Bonchev–Trinajstić information content (AvgIpc) is 3.45. The first kappa shape index (κ1) is 21.8. The standard InChI is InChI=1S/C21H28N4O5S/c1-4-31(27,28)25-12-17-11-24(13-21(17,14-25)20-22-15(2)23-30-20)19(26)10-7-16-5-8-18(29-3)9-6-16/h5-6,8-9,17H,4,7,10-14H2,1-3H3/t17-,21-/m0/s1. The number of ether oxygens (including phenoxy) is 1. The molecule has 0 bridgehead atoms. The van der Waals surface area contributed by atoms with E-state index in [1.807, 2.05) is 29.2 Å². The number of likely N-dealkylation sites (tertiary alicyclic amines) is 1. The van der Waals surface area contributed by atoms with Gasteiger partial charge in [-0.1, -0.05) is 17.3 Å². The second-order valence-electron chi connectivity index (χ2n) is 8.32. The number of nitrogens with zero attached hydrogens (tertiary/aromatic N) is 4. The minimum atomic E-state index is -3.34. The highest BCUT2D eigenvalue weighted by atomic mass is 32.2. The van der Waals surface area contributed by atoms with Crippen LogP contribution in [0.15, 0.2) is 28.8 Å². The molecule has 1 aromatic heterocycles. The van der Waals surface area contributed by atoms with Crippen molar-refractivity contribution >= 4 is 15.9 Å². The number of carbonyl (C=O) groups is 1. The highest BCUT2D eigenvalue weighted by Crippen LogP contribution is 2.45. The quantitative estimate of drug-likeness (QED) is 0.630. The third-order valence-corrected chi connectivity index (χ3v) is 8.22. The Bertz CT molecular complexity index is 1050. The Hall–Kier alpha value is -2.46. The second kappa shape index (κ2) is 8.23. The minimum Gasteiger partial charge on any atom is -0.497 e. The Labute approximate surface area is 182 Å². The third kappa shape index (κ3) is 4.06. The Morgan fingerprint density at radius 1 is 1.26 bits per heavy atom. The first-order chi connectivity index (χ1) is 14.8. The van der Waals surface area contributed by atoms with Gasteiger partial charge in [0, 0.05) is 38.5 Å². The van der Waals surface area contributed by atoms with Crippen molar-refractivity contribution in [3.8, 4) is 5.75 Å². The van der Waals surface area contributed by atoms with Gasteiger partial charge >= 0.3 is 0 Å². The van der Waals surface area contributed by atoms with E-state index in [4.69, 9.17) is 9.26 Å². The van der Waals surface area contributed by atoms with E-state index < -0.39 is 15.4 Å². The van der Waals surface area contributed by atoms with Gasteiger partial charge in [0.1, 0.15) is 5.75 Å². The number of rotatable bonds is 7. The summed E-state index contributed by atoms with van der Waals surface area (Å²) in [5.41, 5.74) is 0.412. The molecular formula is C21H28N4O5S. The monoisotopic (exact) mass is 448 g/mol. The van der Waals surface area contributed by atoms with E-state index in [2.05, 4.69) is 10.1 Å². The molecule has 2 aromatic rings. The van der Waals surface area contributed by atoms with Crippen molar-refractivity contribution in [2.75, 3.05) is 39.0 Å². The Kier molecular flexibility index (Phi) is 5.78. The van der Waals surface area contributed by atoms with Gasteiger partial charge in [-0.15, -0.1) is 0 Å². The van der Waals surface area contributed by atoms with E-state index in [1.165, 1.54) is 4.31 Å². The van der Waals surface area contributed by atoms with E-state index in [0.29, 0.717) is 44.2 Å². The largest absolute Gasteiger partial charge is 0.497 e. The number of amides is 1. The van der Waals surface area contributed by atoms with Gasteiger partial charge in [0.25, 0.3) is 0 Å². The first-order valence-electron chi connectivity index (χ1n) is 10.5. The van der Waals surface area contributed by atoms with Crippen LogP contribution in [0.5, 0.6) is 5.75 Å². The fourth-order valence-corrected chi connectivity index (χ4v) is 5.81. The molecule has 2 aliphatic rings. The molecule has 0 unspecified atom stereocenters. The second-order valence-corrected chi connectivity index (χ2v) is 10.6. The number of hydrogen-bond donors (Lipinski definition) is 0. The normalized spacial score (nSPS) is 23.8. The Balaban J connectivity index is 1.49. The lowest BCUT2D eigenvalue weighted by Gasteiger charge is -2.25. The van der Waals surface area contributed by atoms with Crippen LogP contribution in [0.2, 0.25) is 0 Å². The molecule has 10 heteroatoms. The van der Waals surface area contributed by atoms with Crippen molar-refractivity contribution < 1.29 is 22.5 Å². The molecule has 0 N–H and O–H groups in total. The molecule has 0 saturated carbocycles. The van der Waals surface area contributed by atoms with Crippen molar-refractivity contribution in [3.63, 3.8) is 0 Å².